The van der Waals surface area contributed by atoms with Gasteiger partial charge in [-0.1, -0.05) is 13.3 Å². The molecule has 3 unspecified atom stereocenters. The van der Waals surface area contributed by atoms with E-state index in [0.717, 1.165) is 32.2 Å². The third-order valence-electron chi connectivity index (χ3n) is 4.44. The number of carbonyl (C=O) groups is 1. The average Bonchev–Trinajstić information content (AvgIpc) is 2.68. The van der Waals surface area contributed by atoms with Gasteiger partial charge in [0.15, 0.2) is 0 Å². The molecule has 1 aliphatic carbocycles. The zero-order valence-corrected chi connectivity index (χ0v) is 11.3. The minimum atomic E-state index is -0.976. The van der Waals surface area contributed by atoms with Crippen molar-refractivity contribution in [1.29, 1.82) is 0 Å². The fourth-order valence-corrected chi connectivity index (χ4v) is 2.68. The molecule has 0 spiro atoms. The lowest BCUT2D eigenvalue weighted by atomic mass is 9.85. The van der Waals surface area contributed by atoms with Gasteiger partial charge in [-0.05, 0) is 52.1 Å². The Bertz CT molecular complexity index is 270. The molecule has 17 heavy (non-hydrogen) atoms. The Morgan fingerprint density at radius 3 is 2.82 bits per heavy atom. The molecule has 100 valence electrons. The molecule has 0 aromatic rings. The van der Waals surface area contributed by atoms with Crippen LogP contribution in [0.25, 0.3) is 0 Å². The predicted octanol–water partition coefficient (Wildman–Crippen LogP) is 1.69. The Balaban J connectivity index is 2.49. The van der Waals surface area contributed by atoms with Crippen molar-refractivity contribution in [3.8, 4) is 0 Å². The van der Waals surface area contributed by atoms with Crippen molar-refractivity contribution < 1.29 is 9.90 Å². The fraction of sp³-hybridized carbons (Fsp3) is 0.923. The van der Waals surface area contributed by atoms with E-state index in [1.165, 1.54) is 0 Å². The topological polar surface area (TPSA) is 66.6 Å². The van der Waals surface area contributed by atoms with Crippen LogP contribution < -0.4 is 5.73 Å². The molecule has 0 saturated heterocycles. The number of carboxylic acids is 1. The summed E-state index contributed by atoms with van der Waals surface area (Å²) in [6.07, 6.45) is 4.54. The van der Waals surface area contributed by atoms with Gasteiger partial charge >= 0.3 is 5.97 Å². The van der Waals surface area contributed by atoms with Crippen molar-refractivity contribution in [2.24, 2.45) is 11.7 Å². The number of hydrogen-bond acceptors (Lipinski definition) is 3. The first-order valence-corrected chi connectivity index (χ1v) is 6.64. The van der Waals surface area contributed by atoms with E-state index < -0.39 is 11.5 Å². The first kappa shape index (κ1) is 14.5. The van der Waals surface area contributed by atoms with Gasteiger partial charge in [0.25, 0.3) is 0 Å². The first-order chi connectivity index (χ1) is 7.91. The SMILES string of the molecule is CCC(C)N(C)CCC1CCCC1(N)C(=O)O. The van der Waals surface area contributed by atoms with Crippen LogP contribution in [-0.2, 0) is 4.79 Å². The van der Waals surface area contributed by atoms with Crippen molar-refractivity contribution in [2.45, 2.75) is 57.5 Å². The molecule has 0 amide bonds. The van der Waals surface area contributed by atoms with Crippen molar-refractivity contribution >= 4 is 5.97 Å². The van der Waals surface area contributed by atoms with Crippen LogP contribution in [0.2, 0.25) is 0 Å². The highest BCUT2D eigenvalue weighted by Crippen LogP contribution is 2.36. The molecular formula is C13H26N2O2. The highest BCUT2D eigenvalue weighted by atomic mass is 16.4. The van der Waals surface area contributed by atoms with Gasteiger partial charge in [-0.2, -0.15) is 0 Å². The lowest BCUT2D eigenvalue weighted by Crippen LogP contribution is -2.51. The molecule has 1 rings (SSSR count). The van der Waals surface area contributed by atoms with Gasteiger partial charge in [-0.15, -0.1) is 0 Å². The molecule has 1 aliphatic rings. The summed E-state index contributed by atoms with van der Waals surface area (Å²) < 4.78 is 0. The van der Waals surface area contributed by atoms with Crippen molar-refractivity contribution in [3.05, 3.63) is 0 Å². The number of hydrogen-bond donors (Lipinski definition) is 2. The molecule has 0 bridgehead atoms. The molecule has 0 radical (unpaired) electrons. The summed E-state index contributed by atoms with van der Waals surface area (Å²) in [7, 11) is 2.10. The summed E-state index contributed by atoms with van der Waals surface area (Å²) in [5.74, 6) is -0.697. The van der Waals surface area contributed by atoms with E-state index in [0.29, 0.717) is 12.5 Å². The van der Waals surface area contributed by atoms with Crippen LogP contribution in [0.15, 0.2) is 0 Å². The molecule has 0 aromatic carbocycles. The molecular weight excluding hydrogens is 216 g/mol. The summed E-state index contributed by atoms with van der Waals surface area (Å²) in [4.78, 5) is 13.5. The van der Waals surface area contributed by atoms with E-state index in [1.54, 1.807) is 0 Å². The molecule has 1 saturated carbocycles. The quantitative estimate of drug-likeness (QED) is 0.744. The summed E-state index contributed by atoms with van der Waals surface area (Å²) in [5, 5.41) is 9.22. The Morgan fingerprint density at radius 1 is 1.65 bits per heavy atom. The third-order valence-corrected chi connectivity index (χ3v) is 4.44. The van der Waals surface area contributed by atoms with Crippen molar-refractivity contribution in [1.82, 2.24) is 4.90 Å². The summed E-state index contributed by atoms with van der Waals surface area (Å²) >= 11 is 0. The molecule has 0 aromatic heterocycles. The monoisotopic (exact) mass is 242 g/mol. The van der Waals surface area contributed by atoms with Crippen LogP contribution in [0, 0.1) is 5.92 Å². The Kier molecular flexibility index (Phi) is 4.95. The minimum absolute atomic E-state index is 0.131. The maximum atomic E-state index is 11.2. The second-order valence-electron chi connectivity index (χ2n) is 5.46. The molecule has 4 nitrogen and oxygen atoms in total. The standard InChI is InChI=1S/C13H26N2O2/c1-4-10(2)15(3)9-7-11-6-5-8-13(11,14)12(16)17/h10-11H,4-9,14H2,1-3H3,(H,16,17). The van der Waals surface area contributed by atoms with Gasteiger partial charge in [0, 0.05) is 6.04 Å². The second kappa shape index (κ2) is 5.83. The maximum absolute atomic E-state index is 11.2. The highest BCUT2D eigenvalue weighted by molar-refractivity contribution is 5.79. The van der Waals surface area contributed by atoms with E-state index >= 15 is 0 Å². The van der Waals surface area contributed by atoms with Gasteiger partial charge in [-0.25, -0.2) is 0 Å². The van der Waals surface area contributed by atoms with Gasteiger partial charge in [0.05, 0.1) is 0 Å². The highest BCUT2D eigenvalue weighted by Gasteiger charge is 2.45. The molecule has 0 aliphatic heterocycles. The lowest BCUT2D eigenvalue weighted by molar-refractivity contribution is -0.144. The van der Waals surface area contributed by atoms with E-state index in [4.69, 9.17) is 5.73 Å². The molecule has 0 heterocycles. The van der Waals surface area contributed by atoms with Crippen LogP contribution in [0.4, 0.5) is 0 Å². The lowest BCUT2D eigenvalue weighted by Gasteiger charge is -2.30. The van der Waals surface area contributed by atoms with Gasteiger partial charge in [-0.3, -0.25) is 4.79 Å². The zero-order chi connectivity index (χ0) is 13.1. The molecule has 1 fully saturated rings. The smallest absolute Gasteiger partial charge is 0.323 e. The van der Waals surface area contributed by atoms with E-state index in [1.807, 2.05) is 0 Å². The van der Waals surface area contributed by atoms with Crippen LogP contribution >= 0.6 is 0 Å². The summed E-state index contributed by atoms with van der Waals surface area (Å²) in [6, 6.07) is 0.549. The summed E-state index contributed by atoms with van der Waals surface area (Å²) in [5.41, 5.74) is 5.05. The van der Waals surface area contributed by atoms with Crippen molar-refractivity contribution in [2.75, 3.05) is 13.6 Å². The minimum Gasteiger partial charge on any atom is -0.480 e. The van der Waals surface area contributed by atoms with Gasteiger partial charge < -0.3 is 15.7 Å². The average molecular weight is 242 g/mol. The first-order valence-electron chi connectivity index (χ1n) is 6.64. The Morgan fingerprint density at radius 2 is 2.29 bits per heavy atom. The van der Waals surface area contributed by atoms with E-state index in [-0.39, 0.29) is 5.92 Å². The van der Waals surface area contributed by atoms with Crippen LogP contribution in [0.3, 0.4) is 0 Å². The number of nitrogens with two attached hydrogens (primary N) is 1. The number of carboxylic acid groups (broad SMARTS) is 1. The third kappa shape index (κ3) is 3.19. The Hall–Kier alpha value is -0.610. The Labute approximate surface area is 104 Å². The van der Waals surface area contributed by atoms with Crippen LogP contribution in [0.5, 0.6) is 0 Å². The molecule has 3 atom stereocenters. The maximum Gasteiger partial charge on any atom is 0.323 e. The van der Waals surface area contributed by atoms with Crippen LogP contribution in [0.1, 0.15) is 46.0 Å². The number of nitrogens with zero attached hydrogens (tertiary/aromatic N) is 1. The zero-order valence-electron chi connectivity index (χ0n) is 11.3. The summed E-state index contributed by atoms with van der Waals surface area (Å²) in [6.45, 7) is 5.30. The second-order valence-corrected chi connectivity index (χ2v) is 5.46. The number of rotatable bonds is 6. The number of aliphatic carboxylic acids is 1. The molecule has 3 N–H and O–H groups in total. The predicted molar refractivity (Wildman–Crippen MR) is 68.9 cm³/mol. The van der Waals surface area contributed by atoms with Crippen molar-refractivity contribution in [3.63, 3.8) is 0 Å². The van der Waals surface area contributed by atoms with Crippen LogP contribution in [-0.4, -0.2) is 41.1 Å². The van der Waals surface area contributed by atoms with Gasteiger partial charge in [0.2, 0.25) is 0 Å². The van der Waals surface area contributed by atoms with E-state index in [9.17, 15) is 9.90 Å². The normalized spacial score (nSPS) is 30.8. The molecule has 4 heteroatoms. The largest absolute Gasteiger partial charge is 0.480 e. The van der Waals surface area contributed by atoms with Gasteiger partial charge in [0.1, 0.15) is 5.54 Å². The van der Waals surface area contributed by atoms with E-state index in [2.05, 4.69) is 25.8 Å². The fourth-order valence-electron chi connectivity index (χ4n) is 2.68.